The molecule has 0 unspecified atom stereocenters. The van der Waals surface area contributed by atoms with Gasteiger partial charge in [-0.3, -0.25) is 4.79 Å². The number of pyridine rings is 1. The normalized spacial score (nSPS) is 29.1. The fourth-order valence-electron chi connectivity index (χ4n) is 7.24. The smallest absolute Gasteiger partial charge is 0.296 e. The van der Waals surface area contributed by atoms with Crippen LogP contribution < -0.4 is 9.72 Å². The number of fused-ring (bicyclic) bond motifs is 2. The number of benzene rings is 1. The summed E-state index contributed by atoms with van der Waals surface area (Å²) in [5.74, 6) is 3.41. The number of hydrogen-bond donors (Lipinski definition) is 3. The zero-order chi connectivity index (χ0) is 20.6. The standard InChI is InChI=1S/C26H26N4O/c31-25(29-26-13-16-9-17(14-26)11-18(10-16)15-26)23-22-3-1-2-8-30(22)24(28-23)20-4-5-21-19(12-20)6-7-27-21/h1-8,12,16-18H,9-11,13-15H2,(H2,27,28,29,31)/p+1. The SMILES string of the molecule is O=C(NC12CC3CC(CC(C3)C1)C2)c1[nH]c(-c2ccc3[nH]ccc3c2)[n+]2ccccc12. The van der Waals surface area contributed by atoms with Gasteiger partial charge >= 0.3 is 0 Å². The second-order valence-electron chi connectivity index (χ2n) is 10.2. The molecule has 0 aliphatic heterocycles. The highest BCUT2D eigenvalue weighted by Crippen LogP contribution is 2.55. The molecule has 3 N–H and O–H groups in total. The Balaban J connectivity index is 1.28. The van der Waals surface area contributed by atoms with Crippen LogP contribution >= 0.6 is 0 Å². The minimum absolute atomic E-state index is 0.00686. The van der Waals surface area contributed by atoms with Crippen molar-refractivity contribution in [2.45, 2.75) is 44.1 Å². The number of imidazole rings is 1. The van der Waals surface area contributed by atoms with E-state index < -0.39 is 0 Å². The van der Waals surface area contributed by atoms with Crippen LogP contribution in [0.1, 0.15) is 49.0 Å². The van der Waals surface area contributed by atoms with Crippen LogP contribution in [-0.4, -0.2) is 21.4 Å². The number of H-pyrrole nitrogens is 2. The van der Waals surface area contributed by atoms with Gasteiger partial charge in [0.15, 0.2) is 5.52 Å². The number of carbonyl (C=O) groups excluding carboxylic acids is 1. The molecule has 4 bridgehead atoms. The topological polar surface area (TPSA) is 64.8 Å². The molecule has 31 heavy (non-hydrogen) atoms. The first-order chi connectivity index (χ1) is 15.2. The van der Waals surface area contributed by atoms with Crippen molar-refractivity contribution in [2.75, 3.05) is 0 Å². The van der Waals surface area contributed by atoms with Gasteiger partial charge in [-0.15, -0.1) is 0 Å². The zero-order valence-corrected chi connectivity index (χ0v) is 17.5. The Kier molecular flexibility index (Phi) is 3.53. The van der Waals surface area contributed by atoms with Crippen molar-refractivity contribution in [1.82, 2.24) is 15.3 Å². The molecule has 5 nitrogen and oxygen atoms in total. The van der Waals surface area contributed by atoms with Crippen LogP contribution in [0.4, 0.5) is 0 Å². The summed E-state index contributed by atoms with van der Waals surface area (Å²) in [5.41, 5.74) is 3.79. The molecule has 4 saturated carbocycles. The maximum atomic E-state index is 13.6. The number of hydrogen-bond acceptors (Lipinski definition) is 1. The number of nitrogens with zero attached hydrogens (tertiary/aromatic N) is 1. The summed E-state index contributed by atoms with van der Waals surface area (Å²) in [6.45, 7) is 0. The number of amides is 1. The van der Waals surface area contributed by atoms with Gasteiger partial charge < -0.3 is 10.3 Å². The summed E-state index contributed by atoms with van der Waals surface area (Å²) in [5, 5.41) is 4.70. The van der Waals surface area contributed by atoms with Gasteiger partial charge in [-0.1, -0.05) is 6.07 Å². The van der Waals surface area contributed by atoms with E-state index >= 15 is 0 Å². The summed E-state index contributed by atoms with van der Waals surface area (Å²) in [4.78, 5) is 20.3. The maximum absolute atomic E-state index is 13.6. The molecule has 4 aliphatic rings. The number of aromatic nitrogens is 3. The van der Waals surface area contributed by atoms with Crippen molar-refractivity contribution in [2.24, 2.45) is 17.8 Å². The van der Waals surface area contributed by atoms with Crippen molar-refractivity contribution >= 4 is 22.3 Å². The van der Waals surface area contributed by atoms with Gasteiger partial charge in [0.25, 0.3) is 11.7 Å². The summed E-state index contributed by atoms with van der Waals surface area (Å²) in [6, 6.07) is 14.5. The van der Waals surface area contributed by atoms with Crippen LogP contribution in [-0.2, 0) is 0 Å². The maximum Gasteiger partial charge on any atom is 0.296 e. The molecule has 1 amide bonds. The first kappa shape index (κ1) is 17.6. The molecule has 0 saturated heterocycles. The monoisotopic (exact) mass is 411 g/mol. The molecule has 156 valence electrons. The Labute approximate surface area is 180 Å². The minimum Gasteiger partial charge on any atom is -0.361 e. The van der Waals surface area contributed by atoms with Gasteiger partial charge in [0, 0.05) is 22.6 Å². The van der Waals surface area contributed by atoms with Crippen molar-refractivity contribution in [1.29, 1.82) is 0 Å². The summed E-state index contributed by atoms with van der Waals surface area (Å²) in [7, 11) is 0. The van der Waals surface area contributed by atoms with Gasteiger partial charge in [0.1, 0.15) is 0 Å². The number of rotatable bonds is 3. The van der Waals surface area contributed by atoms with E-state index in [1.54, 1.807) is 0 Å². The van der Waals surface area contributed by atoms with E-state index in [9.17, 15) is 4.79 Å². The van der Waals surface area contributed by atoms with E-state index in [2.05, 4.69) is 44.0 Å². The van der Waals surface area contributed by atoms with Crippen LogP contribution in [0.2, 0.25) is 0 Å². The fourth-order valence-corrected chi connectivity index (χ4v) is 7.24. The molecule has 0 spiro atoms. The summed E-state index contributed by atoms with van der Waals surface area (Å²) < 4.78 is 2.10. The number of aromatic amines is 2. The molecule has 8 rings (SSSR count). The highest BCUT2D eigenvalue weighted by atomic mass is 16.2. The molecule has 0 radical (unpaired) electrons. The lowest BCUT2D eigenvalue weighted by molar-refractivity contribution is -0.498. The van der Waals surface area contributed by atoms with Crippen molar-refractivity contribution in [3.05, 3.63) is 60.6 Å². The lowest BCUT2D eigenvalue weighted by atomic mass is 9.53. The van der Waals surface area contributed by atoms with Gasteiger partial charge in [-0.2, -0.15) is 4.40 Å². The highest BCUT2D eigenvalue weighted by molar-refractivity contribution is 5.99. The Morgan fingerprint density at radius 1 is 1.00 bits per heavy atom. The van der Waals surface area contributed by atoms with Gasteiger partial charge in [-0.25, -0.2) is 4.98 Å². The predicted octanol–water partition coefficient (Wildman–Crippen LogP) is 4.60. The summed E-state index contributed by atoms with van der Waals surface area (Å²) >= 11 is 0. The Hall–Kier alpha value is -3.08. The average molecular weight is 412 g/mol. The van der Waals surface area contributed by atoms with Crippen molar-refractivity contribution in [3.63, 3.8) is 0 Å². The molecular formula is C26H27N4O+. The van der Waals surface area contributed by atoms with E-state index in [0.717, 1.165) is 64.8 Å². The van der Waals surface area contributed by atoms with Crippen LogP contribution in [0.3, 0.4) is 0 Å². The predicted molar refractivity (Wildman–Crippen MR) is 120 cm³/mol. The van der Waals surface area contributed by atoms with E-state index in [1.165, 1.54) is 19.3 Å². The first-order valence-electron chi connectivity index (χ1n) is 11.6. The Morgan fingerprint density at radius 3 is 2.55 bits per heavy atom. The van der Waals surface area contributed by atoms with E-state index in [0.29, 0.717) is 5.69 Å². The molecule has 4 fully saturated rings. The first-order valence-corrected chi connectivity index (χ1v) is 11.6. The second kappa shape index (κ2) is 6.22. The lowest BCUT2D eigenvalue weighted by Gasteiger charge is -2.56. The van der Waals surface area contributed by atoms with Crippen LogP contribution in [0.25, 0.3) is 27.8 Å². The van der Waals surface area contributed by atoms with Gasteiger partial charge in [-0.05, 0) is 92.7 Å². The van der Waals surface area contributed by atoms with E-state index in [4.69, 9.17) is 0 Å². The minimum atomic E-state index is 0.00686. The zero-order valence-electron chi connectivity index (χ0n) is 17.5. The van der Waals surface area contributed by atoms with Crippen molar-refractivity contribution in [3.8, 4) is 11.4 Å². The average Bonchev–Trinajstić information content (AvgIpc) is 3.36. The second-order valence-corrected chi connectivity index (χ2v) is 10.2. The molecule has 4 aromatic rings. The highest BCUT2D eigenvalue weighted by Gasteiger charge is 2.52. The summed E-state index contributed by atoms with van der Waals surface area (Å²) in [6.07, 6.45) is 11.6. The molecule has 5 heteroatoms. The fraction of sp³-hybridized carbons (Fsp3) is 0.385. The lowest BCUT2D eigenvalue weighted by Crippen LogP contribution is -2.59. The van der Waals surface area contributed by atoms with E-state index in [1.807, 2.05) is 30.6 Å². The third kappa shape index (κ3) is 2.68. The van der Waals surface area contributed by atoms with E-state index in [-0.39, 0.29) is 11.4 Å². The molecular weight excluding hydrogens is 384 g/mol. The number of carbonyl (C=O) groups is 1. The van der Waals surface area contributed by atoms with Crippen LogP contribution in [0.5, 0.6) is 0 Å². The van der Waals surface area contributed by atoms with Crippen LogP contribution in [0, 0.1) is 17.8 Å². The largest absolute Gasteiger partial charge is 0.361 e. The van der Waals surface area contributed by atoms with Crippen molar-refractivity contribution < 1.29 is 9.20 Å². The molecule has 3 aromatic heterocycles. The molecule has 0 atom stereocenters. The molecule has 3 heterocycles. The Bertz CT molecular complexity index is 1290. The number of nitrogens with one attached hydrogen (secondary N) is 3. The third-order valence-electron chi connectivity index (χ3n) is 8.07. The van der Waals surface area contributed by atoms with Gasteiger partial charge in [0.05, 0.1) is 11.8 Å². The molecule has 1 aromatic carbocycles. The Morgan fingerprint density at radius 2 is 1.77 bits per heavy atom. The molecule has 4 aliphatic carbocycles. The quantitative estimate of drug-likeness (QED) is 0.424. The van der Waals surface area contributed by atoms with Crippen LogP contribution in [0.15, 0.2) is 54.9 Å². The third-order valence-corrected chi connectivity index (χ3v) is 8.07. The van der Waals surface area contributed by atoms with Gasteiger partial charge in [0.2, 0.25) is 5.69 Å².